The Kier molecular flexibility index (Phi) is 2.49. The van der Waals surface area contributed by atoms with Gasteiger partial charge >= 0.3 is 0 Å². The van der Waals surface area contributed by atoms with E-state index >= 15 is 0 Å². The number of piperidine rings is 1. The Bertz CT molecular complexity index is 324. The average Bonchev–Trinajstić information content (AvgIpc) is 3.02. The third-order valence-electron chi connectivity index (χ3n) is 3.49. The van der Waals surface area contributed by atoms with Gasteiger partial charge in [-0.25, -0.2) is 4.98 Å². The SMILES string of the molecule is c1oc(CC2CCNCC2)nc1C1CC1. The van der Waals surface area contributed by atoms with Gasteiger partial charge in [0, 0.05) is 12.3 Å². The summed E-state index contributed by atoms with van der Waals surface area (Å²) in [5.41, 5.74) is 1.19. The van der Waals surface area contributed by atoms with Crippen LogP contribution in [0, 0.1) is 5.92 Å². The van der Waals surface area contributed by atoms with E-state index in [1.54, 1.807) is 0 Å². The molecule has 2 fully saturated rings. The van der Waals surface area contributed by atoms with E-state index in [1.807, 2.05) is 6.26 Å². The highest BCUT2D eigenvalue weighted by Gasteiger charge is 2.27. The molecule has 1 saturated heterocycles. The lowest BCUT2D eigenvalue weighted by Gasteiger charge is -2.20. The van der Waals surface area contributed by atoms with Crippen molar-refractivity contribution in [2.24, 2.45) is 5.92 Å². The van der Waals surface area contributed by atoms with Gasteiger partial charge in [-0.2, -0.15) is 0 Å². The zero-order chi connectivity index (χ0) is 10.1. The van der Waals surface area contributed by atoms with Crippen LogP contribution >= 0.6 is 0 Å². The van der Waals surface area contributed by atoms with Gasteiger partial charge in [-0.3, -0.25) is 0 Å². The molecule has 3 rings (SSSR count). The molecule has 1 aliphatic heterocycles. The Morgan fingerprint density at radius 2 is 2.07 bits per heavy atom. The minimum absolute atomic E-state index is 0.718. The van der Waals surface area contributed by atoms with E-state index in [4.69, 9.17) is 4.42 Å². The van der Waals surface area contributed by atoms with E-state index < -0.39 is 0 Å². The summed E-state index contributed by atoms with van der Waals surface area (Å²) < 4.78 is 5.54. The molecular formula is C12H18N2O. The fraction of sp³-hybridized carbons (Fsp3) is 0.750. The van der Waals surface area contributed by atoms with Crippen LogP contribution < -0.4 is 5.32 Å². The van der Waals surface area contributed by atoms with Crippen molar-refractivity contribution in [1.82, 2.24) is 10.3 Å². The first-order chi connectivity index (χ1) is 7.42. The summed E-state index contributed by atoms with van der Waals surface area (Å²) in [6.45, 7) is 2.31. The Morgan fingerprint density at radius 1 is 1.27 bits per heavy atom. The second-order valence-corrected chi connectivity index (χ2v) is 4.84. The number of oxazole rings is 1. The van der Waals surface area contributed by atoms with E-state index in [0.29, 0.717) is 0 Å². The van der Waals surface area contributed by atoms with E-state index in [0.717, 1.165) is 37.2 Å². The third-order valence-corrected chi connectivity index (χ3v) is 3.49. The first kappa shape index (κ1) is 9.40. The van der Waals surface area contributed by atoms with Crippen LogP contribution in [-0.2, 0) is 6.42 Å². The van der Waals surface area contributed by atoms with E-state index in [9.17, 15) is 0 Å². The average molecular weight is 206 g/mol. The molecule has 2 heterocycles. The van der Waals surface area contributed by atoms with E-state index in [2.05, 4.69) is 10.3 Å². The van der Waals surface area contributed by atoms with Crippen molar-refractivity contribution in [3.05, 3.63) is 17.8 Å². The highest BCUT2D eigenvalue weighted by Crippen LogP contribution is 2.39. The fourth-order valence-electron chi connectivity index (χ4n) is 2.32. The molecule has 1 saturated carbocycles. The van der Waals surface area contributed by atoms with Crippen molar-refractivity contribution in [1.29, 1.82) is 0 Å². The monoisotopic (exact) mass is 206 g/mol. The maximum Gasteiger partial charge on any atom is 0.194 e. The molecule has 1 aromatic rings. The van der Waals surface area contributed by atoms with Crippen LogP contribution in [-0.4, -0.2) is 18.1 Å². The molecule has 82 valence electrons. The van der Waals surface area contributed by atoms with Crippen LogP contribution in [0.25, 0.3) is 0 Å². The topological polar surface area (TPSA) is 38.1 Å². The quantitative estimate of drug-likeness (QED) is 0.823. The molecule has 0 aromatic carbocycles. The summed E-state index contributed by atoms with van der Waals surface area (Å²) in [5, 5.41) is 3.38. The molecular weight excluding hydrogens is 188 g/mol. The molecule has 1 aliphatic carbocycles. The molecule has 0 unspecified atom stereocenters. The van der Waals surface area contributed by atoms with Crippen molar-refractivity contribution in [3.8, 4) is 0 Å². The van der Waals surface area contributed by atoms with Gasteiger partial charge in [0.25, 0.3) is 0 Å². The number of nitrogens with one attached hydrogen (secondary N) is 1. The van der Waals surface area contributed by atoms with Gasteiger partial charge in [-0.15, -0.1) is 0 Å². The second-order valence-electron chi connectivity index (χ2n) is 4.84. The number of aromatic nitrogens is 1. The summed E-state index contributed by atoms with van der Waals surface area (Å²) in [4.78, 5) is 4.58. The van der Waals surface area contributed by atoms with Crippen molar-refractivity contribution in [2.45, 2.75) is 38.0 Å². The molecule has 1 N–H and O–H groups in total. The molecule has 0 atom stereocenters. The van der Waals surface area contributed by atoms with Gasteiger partial charge in [0.2, 0.25) is 0 Å². The summed E-state index contributed by atoms with van der Waals surface area (Å²) in [6, 6.07) is 0. The van der Waals surface area contributed by atoms with Gasteiger partial charge < -0.3 is 9.73 Å². The molecule has 0 amide bonds. The van der Waals surface area contributed by atoms with Crippen LogP contribution in [0.2, 0.25) is 0 Å². The second kappa shape index (κ2) is 3.97. The number of rotatable bonds is 3. The lowest BCUT2D eigenvalue weighted by molar-refractivity contribution is 0.341. The van der Waals surface area contributed by atoms with Gasteiger partial charge in [0.1, 0.15) is 6.26 Å². The summed E-state index contributed by atoms with van der Waals surface area (Å²) >= 11 is 0. The molecule has 0 bridgehead atoms. The molecule has 1 aromatic heterocycles. The van der Waals surface area contributed by atoms with Crippen LogP contribution in [0.15, 0.2) is 10.7 Å². The zero-order valence-electron chi connectivity index (χ0n) is 9.04. The van der Waals surface area contributed by atoms with Crippen molar-refractivity contribution in [2.75, 3.05) is 13.1 Å². The molecule has 3 nitrogen and oxygen atoms in total. The predicted molar refractivity (Wildman–Crippen MR) is 57.8 cm³/mol. The summed E-state index contributed by atoms with van der Waals surface area (Å²) in [5.74, 6) is 2.45. The van der Waals surface area contributed by atoms with Gasteiger partial charge in [-0.1, -0.05) is 0 Å². The van der Waals surface area contributed by atoms with E-state index in [-0.39, 0.29) is 0 Å². The molecule has 0 radical (unpaired) electrons. The minimum atomic E-state index is 0.718. The highest BCUT2D eigenvalue weighted by atomic mass is 16.3. The highest BCUT2D eigenvalue weighted by molar-refractivity contribution is 5.10. The van der Waals surface area contributed by atoms with Crippen molar-refractivity contribution >= 4 is 0 Å². The maximum atomic E-state index is 5.54. The largest absolute Gasteiger partial charge is 0.449 e. The predicted octanol–water partition coefficient (Wildman–Crippen LogP) is 2.09. The summed E-state index contributed by atoms with van der Waals surface area (Å²) in [7, 11) is 0. The van der Waals surface area contributed by atoms with Crippen molar-refractivity contribution in [3.63, 3.8) is 0 Å². The van der Waals surface area contributed by atoms with E-state index in [1.165, 1.54) is 31.4 Å². The van der Waals surface area contributed by atoms with Crippen LogP contribution in [0.5, 0.6) is 0 Å². The molecule has 2 aliphatic rings. The number of nitrogens with zero attached hydrogens (tertiary/aromatic N) is 1. The first-order valence-corrected chi connectivity index (χ1v) is 6.07. The molecule has 3 heteroatoms. The van der Waals surface area contributed by atoms with Crippen LogP contribution in [0.1, 0.15) is 43.2 Å². The normalized spacial score (nSPS) is 23.2. The summed E-state index contributed by atoms with van der Waals surface area (Å²) in [6.07, 6.45) is 8.05. The van der Waals surface area contributed by atoms with Gasteiger partial charge in [0.05, 0.1) is 5.69 Å². The lowest BCUT2D eigenvalue weighted by atomic mass is 9.95. The first-order valence-electron chi connectivity index (χ1n) is 6.07. The van der Waals surface area contributed by atoms with Gasteiger partial charge in [0.15, 0.2) is 5.89 Å². The van der Waals surface area contributed by atoms with Crippen molar-refractivity contribution < 1.29 is 4.42 Å². The zero-order valence-corrected chi connectivity index (χ0v) is 9.04. The van der Waals surface area contributed by atoms with Crippen LogP contribution in [0.3, 0.4) is 0 Å². The molecule has 0 spiro atoms. The maximum absolute atomic E-state index is 5.54. The van der Waals surface area contributed by atoms with Crippen LogP contribution in [0.4, 0.5) is 0 Å². The molecule has 15 heavy (non-hydrogen) atoms. The number of hydrogen-bond donors (Lipinski definition) is 1. The Morgan fingerprint density at radius 3 is 2.80 bits per heavy atom. The third kappa shape index (κ3) is 2.23. The lowest BCUT2D eigenvalue weighted by Crippen LogP contribution is -2.28. The number of hydrogen-bond acceptors (Lipinski definition) is 3. The smallest absolute Gasteiger partial charge is 0.194 e. The Labute approximate surface area is 90.3 Å². The minimum Gasteiger partial charge on any atom is -0.449 e. The Balaban J connectivity index is 1.60. The standard InChI is InChI=1S/C12H18N2O/c1-2-10(1)11-8-15-12(14-11)7-9-3-5-13-6-4-9/h8-10,13H,1-7H2. The Hall–Kier alpha value is -0.830. The fourth-order valence-corrected chi connectivity index (χ4v) is 2.32. The van der Waals surface area contributed by atoms with Gasteiger partial charge in [-0.05, 0) is 44.7 Å².